The molecule has 0 saturated heterocycles. The van der Waals surface area contributed by atoms with Gasteiger partial charge in [-0.25, -0.2) is 9.59 Å². The SMILES string of the molecule is CC(=O)OC[C@H]1O[C@H](CC(=O)C[C@H](NC(=O)OC(C)(C)C)C(=O)OC(C)(C)C)C=C[C@H]1OC(C)=O. The van der Waals surface area contributed by atoms with E-state index in [1.54, 1.807) is 53.7 Å². The summed E-state index contributed by atoms with van der Waals surface area (Å²) in [6.45, 7) is 12.3. The van der Waals surface area contributed by atoms with E-state index in [0.29, 0.717) is 0 Å². The van der Waals surface area contributed by atoms with Crippen LogP contribution in [0.25, 0.3) is 0 Å². The average molecular weight is 500 g/mol. The van der Waals surface area contributed by atoms with Crippen molar-refractivity contribution in [2.75, 3.05) is 6.61 Å². The lowest BCUT2D eigenvalue weighted by Crippen LogP contribution is -2.47. The molecule has 1 heterocycles. The molecule has 0 fully saturated rings. The third-order valence-electron chi connectivity index (χ3n) is 4.23. The van der Waals surface area contributed by atoms with Crippen molar-refractivity contribution >= 4 is 29.8 Å². The van der Waals surface area contributed by atoms with E-state index in [0.717, 1.165) is 0 Å². The Kier molecular flexibility index (Phi) is 10.9. The Bertz CT molecular complexity index is 821. The number of alkyl carbamates (subject to hydrolysis) is 1. The molecule has 11 nitrogen and oxygen atoms in total. The number of nitrogens with one attached hydrogen (secondary N) is 1. The number of carbonyl (C=O) groups excluding carboxylic acids is 5. The summed E-state index contributed by atoms with van der Waals surface area (Å²) < 4.78 is 26.5. The first-order chi connectivity index (χ1) is 15.9. The maximum atomic E-state index is 12.8. The number of carbonyl (C=O) groups is 5. The van der Waals surface area contributed by atoms with Crippen LogP contribution in [-0.4, -0.2) is 71.9 Å². The molecule has 0 aliphatic carbocycles. The number of ketones is 1. The maximum absolute atomic E-state index is 12.8. The summed E-state index contributed by atoms with van der Waals surface area (Å²) in [5, 5.41) is 2.40. The minimum atomic E-state index is -1.27. The predicted molar refractivity (Wildman–Crippen MR) is 123 cm³/mol. The van der Waals surface area contributed by atoms with Gasteiger partial charge >= 0.3 is 24.0 Å². The van der Waals surface area contributed by atoms with E-state index in [-0.39, 0.29) is 19.4 Å². The van der Waals surface area contributed by atoms with Crippen LogP contribution >= 0.6 is 0 Å². The predicted octanol–water partition coefficient (Wildman–Crippen LogP) is 2.39. The highest BCUT2D eigenvalue weighted by Gasteiger charge is 2.34. The van der Waals surface area contributed by atoms with Crippen LogP contribution < -0.4 is 5.32 Å². The summed E-state index contributed by atoms with van der Waals surface area (Å²) in [4.78, 5) is 60.2. The highest BCUT2D eigenvalue weighted by Crippen LogP contribution is 2.20. The highest BCUT2D eigenvalue weighted by molar-refractivity contribution is 5.89. The smallest absolute Gasteiger partial charge is 0.408 e. The lowest BCUT2D eigenvalue weighted by molar-refractivity contribution is -0.164. The number of ether oxygens (including phenoxy) is 5. The van der Waals surface area contributed by atoms with Gasteiger partial charge in [0.25, 0.3) is 0 Å². The average Bonchev–Trinajstić information content (AvgIpc) is 2.64. The summed E-state index contributed by atoms with van der Waals surface area (Å²) in [6.07, 6.45) is -0.579. The van der Waals surface area contributed by atoms with Crippen LogP contribution in [0.2, 0.25) is 0 Å². The zero-order valence-electron chi connectivity index (χ0n) is 21.7. The van der Waals surface area contributed by atoms with Crippen molar-refractivity contribution in [3.8, 4) is 0 Å². The number of amides is 1. The highest BCUT2D eigenvalue weighted by atomic mass is 16.6. The van der Waals surface area contributed by atoms with E-state index in [1.807, 2.05) is 0 Å². The summed E-state index contributed by atoms with van der Waals surface area (Å²) in [7, 11) is 0. The lowest BCUT2D eigenvalue weighted by Gasteiger charge is -2.31. The van der Waals surface area contributed by atoms with Crippen molar-refractivity contribution in [1.29, 1.82) is 0 Å². The molecule has 35 heavy (non-hydrogen) atoms. The maximum Gasteiger partial charge on any atom is 0.408 e. The van der Waals surface area contributed by atoms with Gasteiger partial charge in [0, 0.05) is 26.7 Å². The standard InChI is InChI=1S/C24H37NO10/c1-14(26)31-13-20-19(32-15(2)27)10-9-17(33-20)11-16(28)12-18(21(29)34-23(3,4)5)25-22(30)35-24(6,7)8/h9-10,17-20H,11-13H2,1-8H3,(H,25,30)/t17-,18-,19+,20+/m0/s1. The van der Waals surface area contributed by atoms with Gasteiger partial charge in [0.1, 0.15) is 41.8 Å². The van der Waals surface area contributed by atoms with Gasteiger partial charge in [-0.3, -0.25) is 14.4 Å². The van der Waals surface area contributed by atoms with Crippen LogP contribution in [0.15, 0.2) is 12.2 Å². The molecule has 0 bridgehead atoms. The van der Waals surface area contributed by atoms with Crippen LogP contribution in [-0.2, 0) is 42.9 Å². The summed E-state index contributed by atoms with van der Waals surface area (Å²) in [6, 6.07) is -1.27. The molecule has 1 aliphatic rings. The second-order valence-corrected chi connectivity index (χ2v) is 10.2. The van der Waals surface area contributed by atoms with Crippen LogP contribution in [0.5, 0.6) is 0 Å². The van der Waals surface area contributed by atoms with Crippen molar-refractivity contribution in [1.82, 2.24) is 5.32 Å². The van der Waals surface area contributed by atoms with Crippen LogP contribution in [0.1, 0.15) is 68.2 Å². The first-order valence-corrected chi connectivity index (χ1v) is 11.3. The van der Waals surface area contributed by atoms with Crippen molar-refractivity contribution in [3.63, 3.8) is 0 Å². The summed E-state index contributed by atoms with van der Waals surface area (Å²) in [5.41, 5.74) is -1.64. The first kappa shape index (κ1) is 30.1. The van der Waals surface area contributed by atoms with Gasteiger partial charge in [0.15, 0.2) is 0 Å². The Hall–Kier alpha value is -2.95. The number of esters is 3. The zero-order valence-corrected chi connectivity index (χ0v) is 21.7. The molecule has 0 aromatic carbocycles. The fraction of sp³-hybridized carbons (Fsp3) is 0.708. The van der Waals surface area contributed by atoms with E-state index in [1.165, 1.54) is 13.8 Å². The molecule has 0 unspecified atom stereocenters. The topological polar surface area (TPSA) is 144 Å². The third kappa shape index (κ3) is 12.9. The Morgan fingerprint density at radius 1 is 0.914 bits per heavy atom. The largest absolute Gasteiger partial charge is 0.463 e. The number of hydrogen-bond donors (Lipinski definition) is 1. The van der Waals surface area contributed by atoms with Crippen molar-refractivity contribution in [3.05, 3.63) is 12.2 Å². The second-order valence-electron chi connectivity index (χ2n) is 10.2. The molecular weight excluding hydrogens is 462 g/mol. The van der Waals surface area contributed by atoms with E-state index < -0.39 is 65.3 Å². The molecule has 4 atom stereocenters. The van der Waals surface area contributed by atoms with E-state index in [2.05, 4.69) is 5.32 Å². The molecule has 198 valence electrons. The van der Waals surface area contributed by atoms with Gasteiger partial charge in [0.05, 0.1) is 6.10 Å². The van der Waals surface area contributed by atoms with Gasteiger partial charge in [-0.2, -0.15) is 0 Å². The molecular formula is C24H37NO10. The number of Topliss-reactive ketones (excluding diaryl/α,β-unsaturated/α-hetero) is 1. The number of hydrogen-bond acceptors (Lipinski definition) is 10. The number of rotatable bonds is 9. The minimum absolute atomic E-state index is 0.144. The third-order valence-corrected chi connectivity index (χ3v) is 4.23. The van der Waals surface area contributed by atoms with Gasteiger partial charge in [-0.15, -0.1) is 0 Å². The molecule has 0 saturated carbocycles. The molecule has 1 N–H and O–H groups in total. The van der Waals surface area contributed by atoms with Gasteiger partial charge in [-0.05, 0) is 47.6 Å². The van der Waals surface area contributed by atoms with Crippen molar-refractivity contribution in [2.24, 2.45) is 0 Å². The van der Waals surface area contributed by atoms with Crippen LogP contribution in [0.3, 0.4) is 0 Å². The van der Waals surface area contributed by atoms with Crippen LogP contribution in [0, 0.1) is 0 Å². The Morgan fingerprint density at radius 2 is 1.51 bits per heavy atom. The van der Waals surface area contributed by atoms with Crippen LogP contribution in [0.4, 0.5) is 4.79 Å². The molecule has 1 amide bonds. The minimum Gasteiger partial charge on any atom is -0.463 e. The van der Waals surface area contributed by atoms with Gasteiger partial charge < -0.3 is 29.0 Å². The summed E-state index contributed by atoms with van der Waals surface area (Å²) >= 11 is 0. The fourth-order valence-corrected chi connectivity index (χ4v) is 3.01. The quantitative estimate of drug-likeness (QED) is 0.285. The lowest BCUT2D eigenvalue weighted by atomic mass is 10.0. The monoisotopic (exact) mass is 499 g/mol. The zero-order chi connectivity index (χ0) is 27.0. The first-order valence-electron chi connectivity index (χ1n) is 11.3. The molecule has 0 radical (unpaired) electrons. The summed E-state index contributed by atoms with van der Waals surface area (Å²) in [5.74, 6) is -2.26. The van der Waals surface area contributed by atoms with E-state index >= 15 is 0 Å². The molecule has 11 heteroatoms. The Labute approximate surface area is 205 Å². The molecule has 1 aliphatic heterocycles. The Morgan fingerprint density at radius 3 is 2.03 bits per heavy atom. The van der Waals surface area contributed by atoms with E-state index in [9.17, 15) is 24.0 Å². The molecule has 0 spiro atoms. The molecule has 0 aromatic heterocycles. The van der Waals surface area contributed by atoms with Crippen molar-refractivity contribution < 1.29 is 47.7 Å². The van der Waals surface area contributed by atoms with Gasteiger partial charge in [-0.1, -0.05) is 6.08 Å². The van der Waals surface area contributed by atoms with Crippen molar-refractivity contribution in [2.45, 2.75) is 104 Å². The second kappa shape index (κ2) is 12.7. The Balaban J connectivity index is 2.90. The normalized spacial score (nSPS) is 20.9. The fourth-order valence-electron chi connectivity index (χ4n) is 3.01. The molecule has 1 rings (SSSR count). The van der Waals surface area contributed by atoms with Gasteiger partial charge in [0.2, 0.25) is 0 Å². The van der Waals surface area contributed by atoms with E-state index in [4.69, 9.17) is 23.7 Å². The molecule has 0 aromatic rings.